The third kappa shape index (κ3) is 4.67. The fourth-order valence-corrected chi connectivity index (χ4v) is 1.59. The molecule has 1 aromatic rings. The van der Waals surface area contributed by atoms with Gasteiger partial charge in [0.25, 0.3) is 0 Å². The molecule has 1 heterocycles. The summed E-state index contributed by atoms with van der Waals surface area (Å²) >= 11 is 6.13. The summed E-state index contributed by atoms with van der Waals surface area (Å²) in [6.45, 7) is 10.6. The van der Waals surface area contributed by atoms with Crippen molar-refractivity contribution < 1.29 is 4.79 Å². The van der Waals surface area contributed by atoms with Crippen molar-refractivity contribution in [3.05, 3.63) is 16.5 Å². The van der Waals surface area contributed by atoms with Crippen LogP contribution in [-0.2, 0) is 10.2 Å². The molecule has 1 amide bonds. The number of hydrogen-bond acceptors (Lipinski definition) is 4. The summed E-state index contributed by atoms with van der Waals surface area (Å²) in [5.41, 5.74) is 0.656. The first-order chi connectivity index (χ1) is 8.71. The number of aromatic nitrogens is 2. The fourth-order valence-electron chi connectivity index (χ4n) is 1.42. The number of anilines is 1. The van der Waals surface area contributed by atoms with Crippen molar-refractivity contribution in [1.29, 1.82) is 0 Å². The van der Waals surface area contributed by atoms with E-state index < -0.39 is 0 Å². The molecule has 5 nitrogen and oxygen atoms in total. The molecule has 0 radical (unpaired) electrons. The Morgan fingerprint density at radius 2 is 1.89 bits per heavy atom. The first-order valence-corrected chi connectivity index (χ1v) is 6.62. The third-order valence-corrected chi connectivity index (χ3v) is 2.92. The molecule has 1 rings (SSSR count). The predicted octanol–water partition coefficient (Wildman–Crippen LogP) is 2.28. The molecule has 0 atom stereocenters. The summed E-state index contributed by atoms with van der Waals surface area (Å²) in [5, 5.41) is 6.35. The minimum atomic E-state index is -0.161. The van der Waals surface area contributed by atoms with Crippen LogP contribution in [0.15, 0.2) is 0 Å². The normalized spacial score (nSPS) is 11.3. The molecule has 2 N–H and O–H groups in total. The summed E-state index contributed by atoms with van der Waals surface area (Å²) in [4.78, 5) is 19.6. The van der Waals surface area contributed by atoms with Gasteiger partial charge in [0.15, 0.2) is 0 Å². The van der Waals surface area contributed by atoms with Crippen LogP contribution in [0.2, 0.25) is 5.15 Å². The molecular formula is C13H21ClN4O. The van der Waals surface area contributed by atoms with E-state index in [4.69, 9.17) is 11.6 Å². The molecule has 19 heavy (non-hydrogen) atoms. The summed E-state index contributed by atoms with van der Waals surface area (Å²) in [6, 6.07) is 0. The van der Waals surface area contributed by atoms with Crippen molar-refractivity contribution >= 4 is 23.3 Å². The zero-order valence-corrected chi connectivity index (χ0v) is 12.9. The first-order valence-electron chi connectivity index (χ1n) is 6.24. The summed E-state index contributed by atoms with van der Waals surface area (Å²) < 4.78 is 0. The van der Waals surface area contributed by atoms with Crippen LogP contribution in [0.4, 0.5) is 5.82 Å². The molecule has 6 heteroatoms. The minimum Gasteiger partial charge on any atom is -0.368 e. The number of carbonyl (C=O) groups excluding carboxylic acids is 1. The van der Waals surface area contributed by atoms with Gasteiger partial charge in [0, 0.05) is 31.0 Å². The highest BCUT2D eigenvalue weighted by Gasteiger charge is 2.20. The average Bonchev–Trinajstić information content (AvgIpc) is 2.27. The Labute approximate surface area is 119 Å². The van der Waals surface area contributed by atoms with E-state index in [9.17, 15) is 4.79 Å². The third-order valence-electron chi connectivity index (χ3n) is 2.55. The Kier molecular flexibility index (Phi) is 5.11. The van der Waals surface area contributed by atoms with Crippen molar-refractivity contribution in [2.75, 3.05) is 18.4 Å². The standard InChI is InChI=1S/C13H21ClN4O/c1-8-10(14)17-12(13(3,4)5)18-11(8)16-7-6-15-9(2)19/h6-7H2,1-5H3,(H,15,19)(H,16,17,18). The Morgan fingerprint density at radius 1 is 1.26 bits per heavy atom. The lowest BCUT2D eigenvalue weighted by molar-refractivity contribution is -0.118. The number of amides is 1. The van der Waals surface area contributed by atoms with Crippen LogP contribution >= 0.6 is 11.6 Å². The van der Waals surface area contributed by atoms with E-state index in [0.717, 1.165) is 11.4 Å². The zero-order valence-electron chi connectivity index (χ0n) is 12.1. The van der Waals surface area contributed by atoms with Gasteiger partial charge < -0.3 is 10.6 Å². The number of carbonyl (C=O) groups is 1. The van der Waals surface area contributed by atoms with Crippen LogP contribution in [0.3, 0.4) is 0 Å². The second-order valence-electron chi connectivity index (χ2n) is 5.47. The SMILES string of the molecule is CC(=O)NCCNc1nc(C(C)(C)C)nc(Cl)c1C. The van der Waals surface area contributed by atoms with Gasteiger partial charge in [-0.3, -0.25) is 4.79 Å². The van der Waals surface area contributed by atoms with Gasteiger partial charge >= 0.3 is 0 Å². The molecule has 0 bridgehead atoms. The highest BCUT2D eigenvalue weighted by atomic mass is 35.5. The van der Waals surface area contributed by atoms with Crippen LogP contribution in [0.25, 0.3) is 0 Å². The van der Waals surface area contributed by atoms with E-state index in [2.05, 4.69) is 20.6 Å². The quantitative estimate of drug-likeness (QED) is 0.657. The highest BCUT2D eigenvalue weighted by Crippen LogP contribution is 2.25. The molecule has 0 aliphatic carbocycles. The average molecular weight is 285 g/mol. The highest BCUT2D eigenvalue weighted by molar-refractivity contribution is 6.30. The van der Waals surface area contributed by atoms with Crippen molar-refractivity contribution in [3.8, 4) is 0 Å². The van der Waals surface area contributed by atoms with Crippen LogP contribution in [0, 0.1) is 6.92 Å². The minimum absolute atomic E-state index is 0.0466. The molecule has 0 spiro atoms. The lowest BCUT2D eigenvalue weighted by Crippen LogP contribution is -2.27. The van der Waals surface area contributed by atoms with E-state index in [1.54, 1.807) is 0 Å². The zero-order chi connectivity index (χ0) is 14.6. The Morgan fingerprint density at radius 3 is 2.42 bits per heavy atom. The molecule has 0 aromatic carbocycles. The van der Waals surface area contributed by atoms with Gasteiger partial charge in [0.2, 0.25) is 5.91 Å². The fraction of sp³-hybridized carbons (Fsp3) is 0.615. The van der Waals surface area contributed by atoms with Gasteiger partial charge in [-0.05, 0) is 6.92 Å². The number of hydrogen-bond donors (Lipinski definition) is 2. The maximum Gasteiger partial charge on any atom is 0.216 e. The number of halogens is 1. The maximum absolute atomic E-state index is 10.8. The van der Waals surface area contributed by atoms with Crippen molar-refractivity contribution in [2.45, 2.75) is 40.0 Å². The van der Waals surface area contributed by atoms with Crippen LogP contribution < -0.4 is 10.6 Å². The van der Waals surface area contributed by atoms with Crippen LogP contribution in [0.1, 0.15) is 39.1 Å². The molecule has 1 aromatic heterocycles. The lowest BCUT2D eigenvalue weighted by atomic mass is 9.95. The Hall–Kier alpha value is -1.36. The molecule has 0 aliphatic heterocycles. The largest absolute Gasteiger partial charge is 0.368 e. The van der Waals surface area contributed by atoms with E-state index in [-0.39, 0.29) is 11.3 Å². The van der Waals surface area contributed by atoms with Gasteiger partial charge in [-0.15, -0.1) is 0 Å². The maximum atomic E-state index is 10.8. The van der Waals surface area contributed by atoms with Gasteiger partial charge in [-0.25, -0.2) is 9.97 Å². The lowest BCUT2D eigenvalue weighted by Gasteiger charge is -2.19. The van der Waals surface area contributed by atoms with E-state index in [0.29, 0.717) is 24.1 Å². The molecule has 0 saturated carbocycles. The van der Waals surface area contributed by atoms with Gasteiger partial charge in [-0.2, -0.15) is 0 Å². The monoisotopic (exact) mass is 284 g/mol. The van der Waals surface area contributed by atoms with Crippen molar-refractivity contribution in [1.82, 2.24) is 15.3 Å². The second kappa shape index (κ2) is 6.19. The molecule has 0 saturated heterocycles. The number of rotatable bonds is 4. The summed E-state index contributed by atoms with van der Waals surface area (Å²) in [6.07, 6.45) is 0. The van der Waals surface area contributed by atoms with Gasteiger partial charge in [0.05, 0.1) is 0 Å². The van der Waals surface area contributed by atoms with E-state index in [1.807, 2.05) is 27.7 Å². The Balaban J connectivity index is 2.82. The van der Waals surface area contributed by atoms with E-state index >= 15 is 0 Å². The van der Waals surface area contributed by atoms with Crippen LogP contribution in [0.5, 0.6) is 0 Å². The molecule has 106 valence electrons. The molecule has 0 fully saturated rings. The van der Waals surface area contributed by atoms with Crippen molar-refractivity contribution in [2.24, 2.45) is 0 Å². The van der Waals surface area contributed by atoms with E-state index in [1.165, 1.54) is 6.92 Å². The summed E-state index contributed by atoms with van der Waals surface area (Å²) in [5.74, 6) is 1.37. The molecule has 0 unspecified atom stereocenters. The predicted molar refractivity (Wildman–Crippen MR) is 77.7 cm³/mol. The molecular weight excluding hydrogens is 264 g/mol. The smallest absolute Gasteiger partial charge is 0.216 e. The second-order valence-corrected chi connectivity index (χ2v) is 5.83. The summed E-state index contributed by atoms with van der Waals surface area (Å²) in [7, 11) is 0. The van der Waals surface area contributed by atoms with Gasteiger partial charge in [0.1, 0.15) is 16.8 Å². The topological polar surface area (TPSA) is 66.9 Å². The molecule has 0 aliphatic rings. The Bertz CT molecular complexity index is 468. The first kappa shape index (κ1) is 15.7. The van der Waals surface area contributed by atoms with Crippen molar-refractivity contribution in [3.63, 3.8) is 0 Å². The number of nitrogens with one attached hydrogen (secondary N) is 2. The van der Waals surface area contributed by atoms with Crippen LogP contribution in [-0.4, -0.2) is 29.0 Å². The van der Waals surface area contributed by atoms with Gasteiger partial charge in [-0.1, -0.05) is 32.4 Å². The number of nitrogens with zero attached hydrogens (tertiary/aromatic N) is 2.